The quantitative estimate of drug-likeness (QED) is 0.293. The van der Waals surface area contributed by atoms with Gasteiger partial charge in [0, 0.05) is 33.3 Å². The molecule has 262 valence electrons. The van der Waals surface area contributed by atoms with Crippen LogP contribution in [0.3, 0.4) is 0 Å². The van der Waals surface area contributed by atoms with Gasteiger partial charge in [-0.3, -0.25) is 14.4 Å². The molecule has 2 aliphatic rings. The molecular formula is C36H43ClN4O7S. The monoisotopic (exact) mass is 710 g/mol. The summed E-state index contributed by atoms with van der Waals surface area (Å²) in [5.41, 5.74) is -0.727. The molecule has 1 saturated heterocycles. The molecule has 3 amide bonds. The number of ether oxygens (including phenoxy) is 2. The third-order valence-electron chi connectivity index (χ3n) is 8.94. The van der Waals surface area contributed by atoms with Gasteiger partial charge in [-0.1, -0.05) is 11.6 Å². The lowest BCUT2D eigenvalue weighted by Gasteiger charge is -2.29. The van der Waals surface area contributed by atoms with Crippen molar-refractivity contribution in [2.45, 2.75) is 63.3 Å². The van der Waals surface area contributed by atoms with Crippen molar-refractivity contribution >= 4 is 50.7 Å². The number of anilines is 2. The first-order valence-corrected chi connectivity index (χ1v) is 18.0. The van der Waals surface area contributed by atoms with Crippen LogP contribution >= 0.6 is 11.6 Å². The van der Waals surface area contributed by atoms with Crippen LogP contribution in [0.2, 0.25) is 5.02 Å². The maximum atomic E-state index is 14.7. The van der Waals surface area contributed by atoms with Crippen LogP contribution in [-0.4, -0.2) is 70.4 Å². The summed E-state index contributed by atoms with van der Waals surface area (Å²) in [7, 11) is -1.30. The number of carbonyl (C=O) groups excluding carboxylic acids is 3. The Morgan fingerprint density at radius 2 is 1.71 bits per heavy atom. The van der Waals surface area contributed by atoms with Gasteiger partial charge in [-0.05, 0) is 128 Å². The number of methoxy groups -OCH3 is 1. The zero-order valence-electron chi connectivity index (χ0n) is 28.8. The van der Waals surface area contributed by atoms with Crippen molar-refractivity contribution in [1.82, 2.24) is 10.2 Å². The molecule has 1 fully saturated rings. The van der Waals surface area contributed by atoms with Crippen LogP contribution in [0, 0.1) is 5.92 Å². The zero-order chi connectivity index (χ0) is 35.9. The van der Waals surface area contributed by atoms with Gasteiger partial charge in [-0.25, -0.2) is 12.7 Å². The van der Waals surface area contributed by atoms with Crippen molar-refractivity contribution in [2.75, 3.05) is 43.5 Å². The van der Waals surface area contributed by atoms with E-state index in [1.165, 1.54) is 31.4 Å². The van der Waals surface area contributed by atoms with E-state index in [1.54, 1.807) is 37.3 Å². The van der Waals surface area contributed by atoms with Crippen LogP contribution < -0.4 is 24.4 Å². The summed E-state index contributed by atoms with van der Waals surface area (Å²) in [6.07, 6.45) is 1.45. The van der Waals surface area contributed by atoms with Crippen LogP contribution in [0.5, 0.6) is 11.5 Å². The van der Waals surface area contributed by atoms with Crippen molar-refractivity contribution in [2.24, 2.45) is 5.92 Å². The Kier molecular flexibility index (Phi) is 10.1. The lowest BCUT2D eigenvalue weighted by molar-refractivity contribution is -0.121. The van der Waals surface area contributed by atoms with E-state index in [1.807, 2.05) is 34.7 Å². The van der Waals surface area contributed by atoms with Crippen molar-refractivity contribution in [3.05, 3.63) is 76.3 Å². The Bertz CT molecular complexity index is 1900. The average molecular weight is 711 g/mol. The lowest BCUT2D eigenvalue weighted by Crippen LogP contribution is -2.42. The first-order valence-electron chi connectivity index (χ1n) is 16.2. The van der Waals surface area contributed by atoms with Crippen LogP contribution in [0.4, 0.5) is 11.4 Å². The molecule has 1 unspecified atom stereocenters. The number of piperidine rings is 1. The number of amides is 3. The second kappa shape index (κ2) is 13.6. The van der Waals surface area contributed by atoms with Gasteiger partial charge in [0.1, 0.15) is 21.8 Å². The first kappa shape index (κ1) is 36.2. The molecular weight excluding hydrogens is 668 g/mol. The molecule has 0 bridgehead atoms. The minimum absolute atomic E-state index is 0.105. The zero-order valence-corrected chi connectivity index (χ0v) is 30.4. The number of likely N-dealkylation sites (tertiary alicyclic amines) is 1. The van der Waals surface area contributed by atoms with Crippen LogP contribution in [0.1, 0.15) is 68.9 Å². The number of hydrogen-bond acceptors (Lipinski definition) is 8. The minimum Gasteiger partial charge on any atom is -0.495 e. The largest absolute Gasteiger partial charge is 0.495 e. The van der Waals surface area contributed by atoms with Gasteiger partial charge in [-0.15, -0.1) is 0 Å². The highest BCUT2D eigenvalue weighted by molar-refractivity contribution is 7.93. The number of sulfonamides is 1. The van der Waals surface area contributed by atoms with Crippen molar-refractivity contribution < 1.29 is 32.3 Å². The Morgan fingerprint density at radius 1 is 1.02 bits per heavy atom. The minimum atomic E-state index is -4.62. The molecule has 0 spiro atoms. The van der Waals surface area contributed by atoms with Gasteiger partial charge in [0.15, 0.2) is 0 Å². The number of halogens is 1. The summed E-state index contributed by atoms with van der Waals surface area (Å²) in [5.74, 6) is -1.14. The average Bonchev–Trinajstić information content (AvgIpc) is 3.27. The number of hydrogen-bond donors (Lipinski definition) is 2. The van der Waals surface area contributed by atoms with Crippen molar-refractivity contribution in [3.8, 4) is 11.5 Å². The lowest BCUT2D eigenvalue weighted by atomic mass is 9.77. The van der Waals surface area contributed by atoms with Gasteiger partial charge in [0.2, 0.25) is 5.91 Å². The van der Waals surface area contributed by atoms with E-state index in [2.05, 4.69) is 15.5 Å². The summed E-state index contributed by atoms with van der Waals surface area (Å²) < 4.78 is 41.0. The van der Waals surface area contributed by atoms with Crippen LogP contribution in [0.25, 0.3) is 0 Å². The fourth-order valence-electron chi connectivity index (χ4n) is 6.31. The van der Waals surface area contributed by atoms with E-state index in [-0.39, 0.29) is 38.7 Å². The van der Waals surface area contributed by atoms with Gasteiger partial charge in [-0.2, -0.15) is 0 Å². The second-order valence-corrected chi connectivity index (χ2v) is 15.8. The molecule has 2 aliphatic heterocycles. The van der Waals surface area contributed by atoms with Crippen LogP contribution in [-0.2, 0) is 25.0 Å². The number of nitrogens with one attached hydrogen (secondary N) is 2. The smallest absolute Gasteiger partial charge is 0.274 e. The van der Waals surface area contributed by atoms with E-state index in [9.17, 15) is 22.8 Å². The van der Waals surface area contributed by atoms with Gasteiger partial charge < -0.3 is 25.0 Å². The van der Waals surface area contributed by atoms with E-state index in [0.29, 0.717) is 29.2 Å². The molecule has 2 N–H and O–H groups in total. The van der Waals surface area contributed by atoms with E-state index in [0.717, 1.165) is 30.2 Å². The highest BCUT2D eigenvalue weighted by atomic mass is 35.5. The molecule has 2 heterocycles. The molecule has 0 aliphatic carbocycles. The highest BCUT2D eigenvalue weighted by Gasteiger charge is 2.54. The summed E-state index contributed by atoms with van der Waals surface area (Å²) in [6, 6.07) is 13.6. The molecule has 11 nitrogen and oxygen atoms in total. The summed E-state index contributed by atoms with van der Waals surface area (Å²) in [6.45, 7) is 10.9. The molecule has 3 aromatic rings. The number of rotatable bonds is 9. The predicted molar refractivity (Wildman–Crippen MR) is 189 cm³/mol. The Hall–Kier alpha value is -4.13. The van der Waals surface area contributed by atoms with Crippen LogP contribution in [0.15, 0.2) is 59.5 Å². The molecule has 1 atom stereocenters. The maximum Gasteiger partial charge on any atom is 0.274 e. The van der Waals surface area contributed by atoms with E-state index >= 15 is 0 Å². The number of fused-ring (bicyclic) bond motifs is 1. The Balaban J connectivity index is 1.59. The molecule has 13 heteroatoms. The van der Waals surface area contributed by atoms with Gasteiger partial charge in [0.25, 0.3) is 21.8 Å². The first-order chi connectivity index (χ1) is 23.0. The molecule has 0 radical (unpaired) electrons. The molecule has 49 heavy (non-hydrogen) atoms. The van der Waals surface area contributed by atoms with Gasteiger partial charge in [0.05, 0.1) is 19.4 Å². The predicted octanol–water partition coefficient (Wildman–Crippen LogP) is 5.60. The maximum absolute atomic E-state index is 14.7. The molecule has 3 aromatic carbocycles. The third-order valence-corrected chi connectivity index (χ3v) is 11.0. The standard InChI is InChI=1S/C36H43ClN4O7S/c1-8-48-25-11-13-29-27(21-25)36(5,26-20-24(10-12-28(26)37)38-32(42)22-15-17-40(6)18-16-22)34(44)41(29)49(45,46)31-14-9-23(19-30(31)47-7)33(43)39-35(2,3)4/h9-14,19-22H,8,15-18H2,1-7H3,(H,38,42)(H,39,43). The summed E-state index contributed by atoms with van der Waals surface area (Å²) >= 11 is 6.79. The van der Waals surface area contributed by atoms with Crippen molar-refractivity contribution in [3.63, 3.8) is 0 Å². The fraction of sp³-hybridized carbons (Fsp3) is 0.417. The summed E-state index contributed by atoms with van der Waals surface area (Å²) in [5, 5.41) is 6.04. The number of nitrogens with zero attached hydrogens (tertiary/aromatic N) is 2. The molecule has 0 saturated carbocycles. The fourth-order valence-corrected chi connectivity index (χ4v) is 8.27. The second-order valence-electron chi connectivity index (χ2n) is 13.6. The number of carbonyl (C=O) groups is 3. The SMILES string of the molecule is CCOc1ccc2c(c1)C(C)(c1cc(NC(=O)C3CCN(C)CC3)ccc1Cl)C(=O)N2S(=O)(=O)c1ccc(C(=O)NC(C)(C)C)cc1OC. The molecule has 5 rings (SSSR count). The van der Waals surface area contributed by atoms with E-state index < -0.39 is 32.8 Å². The Labute approximate surface area is 292 Å². The highest BCUT2D eigenvalue weighted by Crippen LogP contribution is 2.51. The number of benzene rings is 3. The normalized spacial score (nSPS) is 18.6. The van der Waals surface area contributed by atoms with E-state index in [4.69, 9.17) is 21.1 Å². The summed E-state index contributed by atoms with van der Waals surface area (Å²) in [4.78, 5) is 42.7. The topological polar surface area (TPSA) is 134 Å². The molecule has 0 aromatic heterocycles. The third kappa shape index (κ3) is 6.99. The van der Waals surface area contributed by atoms with Gasteiger partial charge >= 0.3 is 0 Å². The van der Waals surface area contributed by atoms with Crippen molar-refractivity contribution in [1.29, 1.82) is 0 Å². The Morgan fingerprint density at radius 3 is 2.35 bits per heavy atom.